The number of likely N-dealkylation sites (tertiary alicyclic amines) is 1. The van der Waals surface area contributed by atoms with Gasteiger partial charge in [0.25, 0.3) is 0 Å². The highest BCUT2D eigenvalue weighted by molar-refractivity contribution is 8.16. The zero-order valence-electron chi connectivity index (χ0n) is 12.0. The van der Waals surface area contributed by atoms with Crippen LogP contribution in [0.3, 0.4) is 0 Å². The third-order valence-corrected chi connectivity index (χ3v) is 3.54. The quantitative estimate of drug-likeness (QED) is 0.606. The van der Waals surface area contributed by atoms with Gasteiger partial charge >= 0.3 is 0 Å². The van der Waals surface area contributed by atoms with Gasteiger partial charge in [-0.25, -0.2) is 0 Å². The van der Waals surface area contributed by atoms with Crippen LogP contribution in [0.4, 0.5) is 0 Å². The molecule has 0 bridgehead atoms. The topological polar surface area (TPSA) is 53.6 Å². The van der Waals surface area contributed by atoms with Crippen LogP contribution in [-0.2, 0) is 0 Å². The molecule has 5 heteroatoms. The lowest BCUT2D eigenvalue weighted by Gasteiger charge is -2.33. The number of nitrogens with two attached hydrogens (primary N) is 1. The molecule has 18 heavy (non-hydrogen) atoms. The summed E-state index contributed by atoms with van der Waals surface area (Å²) in [6, 6.07) is 0.617. The Morgan fingerprint density at radius 1 is 1.50 bits per heavy atom. The molecule has 4 nitrogen and oxygen atoms in total. The monoisotopic (exact) mass is 272 g/mol. The Balaban J connectivity index is 0.00000137. The lowest BCUT2D eigenvalue weighted by Crippen LogP contribution is -2.45. The number of hydrogen-bond acceptors (Lipinski definition) is 4. The largest absolute Gasteiger partial charge is 0.351 e. The van der Waals surface area contributed by atoms with Crippen molar-refractivity contribution in [1.29, 1.82) is 0 Å². The van der Waals surface area contributed by atoms with Crippen LogP contribution in [-0.4, -0.2) is 49.3 Å². The van der Waals surface area contributed by atoms with E-state index in [-0.39, 0.29) is 0 Å². The molecule has 1 saturated heterocycles. The maximum Gasteiger partial charge on any atom is 0.163 e. The van der Waals surface area contributed by atoms with Gasteiger partial charge in [0.15, 0.2) is 5.17 Å². The number of aliphatic imine (C=N–C) groups is 1. The summed E-state index contributed by atoms with van der Waals surface area (Å²) in [5, 5.41) is 6.37. The number of hydrogen-bond donors (Lipinski definition) is 2. The van der Waals surface area contributed by atoms with Crippen molar-refractivity contribution in [1.82, 2.24) is 10.2 Å². The van der Waals surface area contributed by atoms with Crippen molar-refractivity contribution < 1.29 is 0 Å². The summed E-state index contributed by atoms with van der Waals surface area (Å²) in [6.45, 7) is 11.5. The van der Waals surface area contributed by atoms with Gasteiger partial charge in [0.2, 0.25) is 0 Å². The zero-order chi connectivity index (χ0) is 13.8. The second-order valence-electron chi connectivity index (χ2n) is 3.79. The second kappa shape index (κ2) is 11.6. The molecule has 0 aromatic rings. The van der Waals surface area contributed by atoms with Crippen molar-refractivity contribution in [2.24, 2.45) is 10.7 Å². The molecule has 1 aliphatic rings. The molecule has 1 aliphatic heterocycles. The minimum absolute atomic E-state index is 0.617. The number of nitrogens with zero attached hydrogens (tertiary/aromatic N) is 2. The normalized spacial score (nSPS) is 17.1. The summed E-state index contributed by atoms with van der Waals surface area (Å²) >= 11 is 1.60. The maximum atomic E-state index is 5.48. The summed E-state index contributed by atoms with van der Waals surface area (Å²) in [5.41, 5.74) is 5.48. The van der Waals surface area contributed by atoms with Crippen molar-refractivity contribution in [2.45, 2.75) is 32.7 Å². The van der Waals surface area contributed by atoms with Gasteiger partial charge in [-0.1, -0.05) is 32.2 Å². The molecule has 0 unspecified atom stereocenters. The van der Waals surface area contributed by atoms with Gasteiger partial charge in [-0.2, -0.15) is 0 Å². The number of amidine groups is 1. The van der Waals surface area contributed by atoms with Crippen LogP contribution in [0.1, 0.15) is 26.7 Å². The summed E-state index contributed by atoms with van der Waals surface area (Å²) in [6.07, 6.45) is 2.33. The fraction of sp³-hybridized carbons (Fsp3) is 0.769. The van der Waals surface area contributed by atoms with E-state index >= 15 is 0 Å². The van der Waals surface area contributed by atoms with Crippen molar-refractivity contribution in [3.05, 3.63) is 12.0 Å². The molecule has 0 aromatic heterocycles. The first-order valence-electron chi connectivity index (χ1n) is 6.74. The van der Waals surface area contributed by atoms with E-state index in [0.29, 0.717) is 12.6 Å². The maximum absolute atomic E-state index is 5.48. The third kappa shape index (κ3) is 6.42. The van der Waals surface area contributed by atoms with Crippen LogP contribution in [0.15, 0.2) is 17.0 Å². The van der Waals surface area contributed by atoms with Gasteiger partial charge in [-0.15, -0.1) is 0 Å². The lowest BCUT2D eigenvalue weighted by molar-refractivity contribution is 0.288. The Kier molecular flexibility index (Phi) is 11.2. The van der Waals surface area contributed by atoms with E-state index in [1.165, 1.54) is 0 Å². The standard InChI is InChI=1S/C11H22N4S.C2H6/c1-3-16-11(13-2)15-8-4-10(5-9-15)14-7-6-12;1-2/h3,10,14H,1,4-9,12H2,2H3;1-2H3. The Morgan fingerprint density at radius 2 is 2.11 bits per heavy atom. The molecular weight excluding hydrogens is 244 g/mol. The first-order chi connectivity index (χ1) is 8.81. The van der Waals surface area contributed by atoms with Gasteiger partial charge in [-0.3, -0.25) is 4.99 Å². The Morgan fingerprint density at radius 3 is 2.56 bits per heavy atom. The molecule has 0 aliphatic carbocycles. The molecule has 106 valence electrons. The van der Waals surface area contributed by atoms with Gasteiger partial charge in [0.05, 0.1) is 0 Å². The van der Waals surface area contributed by atoms with Gasteiger partial charge in [0, 0.05) is 39.3 Å². The SMILES string of the molecule is C=CSC(=NC)N1CCC(NCCN)CC1.CC. The first-order valence-corrected chi connectivity index (χ1v) is 7.62. The third-order valence-electron chi connectivity index (χ3n) is 2.72. The number of rotatable bonds is 4. The highest BCUT2D eigenvalue weighted by atomic mass is 32.2. The summed E-state index contributed by atoms with van der Waals surface area (Å²) in [5.74, 6) is 0. The smallest absolute Gasteiger partial charge is 0.163 e. The zero-order valence-corrected chi connectivity index (χ0v) is 12.8. The van der Waals surface area contributed by atoms with E-state index < -0.39 is 0 Å². The van der Waals surface area contributed by atoms with Crippen LogP contribution < -0.4 is 11.1 Å². The summed E-state index contributed by atoms with van der Waals surface area (Å²) < 4.78 is 0. The van der Waals surface area contributed by atoms with E-state index in [1.54, 1.807) is 11.8 Å². The molecule has 0 aromatic carbocycles. The fourth-order valence-electron chi connectivity index (χ4n) is 1.91. The Labute approximate surface area is 116 Å². The average Bonchev–Trinajstić information content (AvgIpc) is 2.45. The number of nitrogens with one attached hydrogen (secondary N) is 1. The predicted molar refractivity (Wildman–Crippen MR) is 84.1 cm³/mol. The first kappa shape index (κ1) is 17.5. The molecule has 0 spiro atoms. The molecule has 1 heterocycles. The van der Waals surface area contributed by atoms with Crippen LogP contribution >= 0.6 is 11.8 Å². The van der Waals surface area contributed by atoms with Gasteiger partial charge in [0.1, 0.15) is 0 Å². The van der Waals surface area contributed by atoms with E-state index in [4.69, 9.17) is 5.73 Å². The molecule has 0 saturated carbocycles. The van der Waals surface area contributed by atoms with Crippen molar-refractivity contribution in [3.63, 3.8) is 0 Å². The van der Waals surface area contributed by atoms with Crippen LogP contribution in [0.2, 0.25) is 0 Å². The van der Waals surface area contributed by atoms with Gasteiger partial charge in [-0.05, 0) is 18.2 Å². The molecule has 0 atom stereocenters. The second-order valence-corrected chi connectivity index (χ2v) is 4.73. The lowest BCUT2D eigenvalue weighted by atomic mass is 10.1. The van der Waals surface area contributed by atoms with Crippen LogP contribution in [0.25, 0.3) is 0 Å². The number of piperidine rings is 1. The van der Waals surface area contributed by atoms with Crippen LogP contribution in [0, 0.1) is 0 Å². The highest BCUT2D eigenvalue weighted by Crippen LogP contribution is 2.16. The van der Waals surface area contributed by atoms with E-state index in [0.717, 1.165) is 37.6 Å². The Bertz CT molecular complexity index is 235. The van der Waals surface area contributed by atoms with Crippen LogP contribution in [0.5, 0.6) is 0 Å². The average molecular weight is 272 g/mol. The van der Waals surface area contributed by atoms with E-state index in [1.807, 2.05) is 26.3 Å². The highest BCUT2D eigenvalue weighted by Gasteiger charge is 2.20. The van der Waals surface area contributed by atoms with Crippen molar-refractivity contribution >= 4 is 16.9 Å². The predicted octanol–water partition coefficient (Wildman–Crippen LogP) is 1.89. The molecule has 0 radical (unpaired) electrons. The summed E-state index contributed by atoms with van der Waals surface area (Å²) in [4.78, 5) is 6.61. The molecule has 0 amide bonds. The molecule has 3 N–H and O–H groups in total. The number of thioether (sulfide) groups is 1. The molecular formula is C13H28N4S. The fourth-order valence-corrected chi connectivity index (χ4v) is 2.49. The molecule has 1 rings (SSSR count). The minimum atomic E-state index is 0.617. The van der Waals surface area contributed by atoms with Crippen molar-refractivity contribution in [3.8, 4) is 0 Å². The minimum Gasteiger partial charge on any atom is -0.351 e. The van der Waals surface area contributed by atoms with Gasteiger partial charge < -0.3 is 16.0 Å². The van der Waals surface area contributed by atoms with Crippen molar-refractivity contribution in [2.75, 3.05) is 33.2 Å². The Hall–Kier alpha value is -0.520. The molecule has 1 fully saturated rings. The van der Waals surface area contributed by atoms with E-state index in [9.17, 15) is 0 Å². The van der Waals surface area contributed by atoms with E-state index in [2.05, 4.69) is 21.8 Å². The summed E-state index contributed by atoms with van der Waals surface area (Å²) in [7, 11) is 1.84.